The van der Waals surface area contributed by atoms with Crippen molar-refractivity contribution >= 4 is 0 Å². The fourth-order valence-corrected chi connectivity index (χ4v) is 1.79. The smallest absolute Gasteiger partial charge is 0.00233 e. The predicted octanol–water partition coefficient (Wildman–Crippen LogP) is 3.25. The van der Waals surface area contributed by atoms with Crippen LogP contribution in [0.3, 0.4) is 0 Å². The summed E-state index contributed by atoms with van der Waals surface area (Å²) in [6.07, 6.45) is 3.84. The number of aryl methyl sites for hydroxylation is 1. The largest absolute Gasteiger partial charge is 0.317 e. The van der Waals surface area contributed by atoms with Crippen LogP contribution in [0.5, 0.6) is 0 Å². The lowest BCUT2D eigenvalue weighted by Gasteiger charge is -2.11. The first-order chi connectivity index (χ1) is 7.33. The van der Waals surface area contributed by atoms with Crippen molar-refractivity contribution in [2.45, 2.75) is 33.1 Å². The first kappa shape index (κ1) is 12.3. The van der Waals surface area contributed by atoms with Gasteiger partial charge in [-0.3, -0.25) is 0 Å². The van der Waals surface area contributed by atoms with Gasteiger partial charge in [0, 0.05) is 0 Å². The van der Waals surface area contributed by atoms with Crippen LogP contribution in [0.4, 0.5) is 0 Å². The van der Waals surface area contributed by atoms with Crippen LogP contribution in [0.15, 0.2) is 30.3 Å². The third-order valence-electron chi connectivity index (χ3n) is 2.75. The van der Waals surface area contributed by atoms with Crippen molar-refractivity contribution in [3.8, 4) is 0 Å². The predicted molar refractivity (Wildman–Crippen MR) is 67.1 cm³/mol. The molecule has 0 bridgehead atoms. The van der Waals surface area contributed by atoms with E-state index in [-0.39, 0.29) is 0 Å². The third kappa shape index (κ3) is 5.58. The van der Waals surface area contributed by atoms with E-state index in [2.05, 4.69) is 49.5 Å². The van der Waals surface area contributed by atoms with E-state index in [1.165, 1.54) is 24.8 Å². The van der Waals surface area contributed by atoms with Crippen LogP contribution in [-0.4, -0.2) is 13.1 Å². The lowest BCUT2D eigenvalue weighted by atomic mass is 10.0. The minimum absolute atomic E-state index is 0.800. The zero-order chi connectivity index (χ0) is 10.9. The summed E-state index contributed by atoms with van der Waals surface area (Å²) in [5.41, 5.74) is 1.47. The molecule has 0 aliphatic carbocycles. The second-order valence-corrected chi connectivity index (χ2v) is 4.29. The Hall–Kier alpha value is -0.820. The summed E-state index contributed by atoms with van der Waals surface area (Å²) in [5, 5.41) is 3.40. The summed E-state index contributed by atoms with van der Waals surface area (Å²) in [5.74, 6) is 0.800. The topological polar surface area (TPSA) is 12.0 Å². The second-order valence-electron chi connectivity index (χ2n) is 4.29. The highest BCUT2D eigenvalue weighted by atomic mass is 14.8. The van der Waals surface area contributed by atoms with Gasteiger partial charge >= 0.3 is 0 Å². The summed E-state index contributed by atoms with van der Waals surface area (Å²) in [6, 6.07) is 10.8. The van der Waals surface area contributed by atoms with Gasteiger partial charge in [-0.25, -0.2) is 0 Å². The number of nitrogens with one attached hydrogen (secondary N) is 1. The van der Waals surface area contributed by atoms with Gasteiger partial charge in [0.1, 0.15) is 0 Å². The van der Waals surface area contributed by atoms with E-state index < -0.39 is 0 Å². The summed E-state index contributed by atoms with van der Waals surface area (Å²) in [4.78, 5) is 0. The van der Waals surface area contributed by atoms with Gasteiger partial charge < -0.3 is 5.32 Å². The molecule has 1 unspecified atom stereocenters. The molecule has 1 aromatic carbocycles. The summed E-state index contributed by atoms with van der Waals surface area (Å²) in [6.45, 7) is 6.73. The highest BCUT2D eigenvalue weighted by molar-refractivity contribution is 5.14. The van der Waals surface area contributed by atoms with Crippen molar-refractivity contribution in [1.29, 1.82) is 0 Å². The van der Waals surface area contributed by atoms with Crippen LogP contribution < -0.4 is 5.32 Å². The lowest BCUT2D eigenvalue weighted by molar-refractivity contribution is 0.474. The van der Waals surface area contributed by atoms with Gasteiger partial charge in [0.2, 0.25) is 0 Å². The molecule has 84 valence electrons. The third-order valence-corrected chi connectivity index (χ3v) is 2.75. The molecule has 0 saturated heterocycles. The van der Waals surface area contributed by atoms with Crippen molar-refractivity contribution in [3.63, 3.8) is 0 Å². The minimum atomic E-state index is 0.800. The Morgan fingerprint density at radius 2 is 1.93 bits per heavy atom. The van der Waals surface area contributed by atoms with E-state index in [1.54, 1.807) is 0 Å². The highest BCUT2D eigenvalue weighted by Crippen LogP contribution is 2.09. The summed E-state index contributed by atoms with van der Waals surface area (Å²) in [7, 11) is 0. The average Bonchev–Trinajstić information content (AvgIpc) is 2.28. The zero-order valence-corrected chi connectivity index (χ0v) is 10.00. The van der Waals surface area contributed by atoms with E-state index in [4.69, 9.17) is 0 Å². The molecule has 0 spiro atoms. The van der Waals surface area contributed by atoms with Crippen molar-refractivity contribution in [3.05, 3.63) is 35.9 Å². The highest BCUT2D eigenvalue weighted by Gasteiger charge is 2.00. The molecule has 1 N–H and O–H groups in total. The van der Waals surface area contributed by atoms with Crippen LogP contribution in [0, 0.1) is 5.92 Å². The Morgan fingerprint density at radius 3 is 2.60 bits per heavy atom. The standard InChI is InChI=1S/C14H23N/c1-3-15-12-13(2)8-7-11-14-9-5-4-6-10-14/h4-6,9-10,13,15H,3,7-8,11-12H2,1-2H3. The molecular formula is C14H23N. The number of hydrogen-bond acceptors (Lipinski definition) is 1. The number of hydrogen-bond donors (Lipinski definition) is 1. The molecular weight excluding hydrogens is 182 g/mol. The van der Waals surface area contributed by atoms with E-state index in [9.17, 15) is 0 Å². The Morgan fingerprint density at radius 1 is 1.20 bits per heavy atom. The fourth-order valence-electron chi connectivity index (χ4n) is 1.79. The van der Waals surface area contributed by atoms with Crippen LogP contribution >= 0.6 is 0 Å². The van der Waals surface area contributed by atoms with Gasteiger partial charge in [-0.1, -0.05) is 44.2 Å². The van der Waals surface area contributed by atoms with Crippen molar-refractivity contribution in [1.82, 2.24) is 5.32 Å². The molecule has 1 heteroatoms. The maximum atomic E-state index is 3.40. The molecule has 0 aromatic heterocycles. The maximum Gasteiger partial charge on any atom is -0.00233 e. The molecule has 0 fully saturated rings. The molecule has 0 amide bonds. The van der Waals surface area contributed by atoms with Gasteiger partial charge in [-0.15, -0.1) is 0 Å². The van der Waals surface area contributed by atoms with E-state index in [1.807, 2.05) is 0 Å². The molecule has 0 aliphatic heterocycles. The number of rotatable bonds is 7. The lowest BCUT2D eigenvalue weighted by Crippen LogP contribution is -2.20. The van der Waals surface area contributed by atoms with E-state index in [0.29, 0.717) is 0 Å². The SMILES string of the molecule is CCNCC(C)CCCc1ccccc1. The Bertz CT molecular complexity index is 243. The van der Waals surface area contributed by atoms with Gasteiger partial charge in [-0.2, -0.15) is 0 Å². The average molecular weight is 205 g/mol. The molecule has 15 heavy (non-hydrogen) atoms. The molecule has 0 aliphatic rings. The monoisotopic (exact) mass is 205 g/mol. The fraction of sp³-hybridized carbons (Fsp3) is 0.571. The first-order valence-corrected chi connectivity index (χ1v) is 6.07. The molecule has 1 rings (SSSR count). The molecule has 0 saturated carbocycles. The maximum absolute atomic E-state index is 3.40. The van der Waals surface area contributed by atoms with Crippen LogP contribution in [-0.2, 0) is 6.42 Å². The Kier molecular flexibility index (Phi) is 6.10. The Balaban J connectivity index is 2.11. The Labute approximate surface area is 93.9 Å². The van der Waals surface area contributed by atoms with Gasteiger partial charge in [-0.05, 0) is 43.8 Å². The molecule has 1 aromatic rings. The second kappa shape index (κ2) is 7.47. The molecule has 0 heterocycles. The quantitative estimate of drug-likeness (QED) is 0.720. The van der Waals surface area contributed by atoms with Crippen molar-refractivity contribution in [2.75, 3.05) is 13.1 Å². The van der Waals surface area contributed by atoms with E-state index in [0.717, 1.165) is 19.0 Å². The van der Waals surface area contributed by atoms with Crippen LogP contribution in [0.2, 0.25) is 0 Å². The molecule has 0 radical (unpaired) electrons. The first-order valence-electron chi connectivity index (χ1n) is 6.07. The van der Waals surface area contributed by atoms with Gasteiger partial charge in [0.05, 0.1) is 0 Å². The van der Waals surface area contributed by atoms with Crippen LogP contribution in [0.25, 0.3) is 0 Å². The zero-order valence-electron chi connectivity index (χ0n) is 10.00. The number of benzene rings is 1. The molecule has 1 atom stereocenters. The van der Waals surface area contributed by atoms with Gasteiger partial charge in [0.25, 0.3) is 0 Å². The summed E-state index contributed by atoms with van der Waals surface area (Å²) >= 11 is 0. The van der Waals surface area contributed by atoms with E-state index >= 15 is 0 Å². The normalized spacial score (nSPS) is 12.7. The van der Waals surface area contributed by atoms with Crippen molar-refractivity contribution in [2.24, 2.45) is 5.92 Å². The van der Waals surface area contributed by atoms with Crippen molar-refractivity contribution < 1.29 is 0 Å². The minimum Gasteiger partial charge on any atom is -0.317 e. The van der Waals surface area contributed by atoms with Crippen LogP contribution in [0.1, 0.15) is 32.3 Å². The summed E-state index contributed by atoms with van der Waals surface area (Å²) < 4.78 is 0. The molecule has 1 nitrogen and oxygen atoms in total. The van der Waals surface area contributed by atoms with Gasteiger partial charge in [0.15, 0.2) is 0 Å².